The number of carbonyl (C=O) groups excluding carboxylic acids is 1. The van der Waals surface area contributed by atoms with Gasteiger partial charge in [-0.1, -0.05) is 12.1 Å². The van der Waals surface area contributed by atoms with Crippen LogP contribution >= 0.6 is 0 Å². The number of hydrogen-bond acceptors (Lipinski definition) is 4. The molecule has 24 heavy (non-hydrogen) atoms. The monoisotopic (exact) mass is 333 g/mol. The summed E-state index contributed by atoms with van der Waals surface area (Å²) in [7, 11) is 0. The number of nitro benzene ring substituents is 1. The molecule has 1 aliphatic rings. The van der Waals surface area contributed by atoms with Crippen LogP contribution in [0.15, 0.2) is 24.3 Å². The first kappa shape index (κ1) is 18.4. The van der Waals surface area contributed by atoms with E-state index in [1.54, 1.807) is 12.1 Å². The average Bonchev–Trinajstić information content (AvgIpc) is 2.43. The van der Waals surface area contributed by atoms with Gasteiger partial charge >= 0.3 is 0 Å². The summed E-state index contributed by atoms with van der Waals surface area (Å²) in [4.78, 5) is 22.9. The topological polar surface area (TPSA) is 84.3 Å². The second-order valence-corrected chi connectivity index (χ2v) is 8.08. The van der Waals surface area contributed by atoms with Crippen LogP contribution in [0.1, 0.15) is 58.9 Å². The van der Waals surface area contributed by atoms with Gasteiger partial charge in [0.1, 0.15) is 0 Å². The van der Waals surface area contributed by atoms with Crippen LogP contribution < -0.4 is 10.6 Å². The lowest BCUT2D eigenvalue weighted by Crippen LogP contribution is -2.62. The Morgan fingerprint density at radius 1 is 1.21 bits per heavy atom. The molecule has 6 heteroatoms. The summed E-state index contributed by atoms with van der Waals surface area (Å²) in [6.45, 7) is 10.4. The highest BCUT2D eigenvalue weighted by Crippen LogP contribution is 2.29. The second kappa shape index (κ2) is 6.51. The molecule has 0 unspecified atom stereocenters. The van der Waals surface area contributed by atoms with Crippen LogP contribution in [-0.2, 0) is 4.79 Å². The van der Waals surface area contributed by atoms with E-state index in [1.807, 2.05) is 6.92 Å². The van der Waals surface area contributed by atoms with Crippen molar-refractivity contribution in [3.05, 3.63) is 39.9 Å². The number of nitrogens with one attached hydrogen (secondary N) is 2. The maximum absolute atomic E-state index is 12.6. The molecule has 1 amide bonds. The molecule has 1 atom stereocenters. The van der Waals surface area contributed by atoms with E-state index in [0.29, 0.717) is 0 Å². The van der Waals surface area contributed by atoms with Gasteiger partial charge in [0.15, 0.2) is 0 Å². The summed E-state index contributed by atoms with van der Waals surface area (Å²) < 4.78 is 0. The Bertz CT molecular complexity index is 607. The number of nitrogens with zero attached hydrogens (tertiary/aromatic N) is 1. The van der Waals surface area contributed by atoms with Crippen molar-refractivity contribution >= 4 is 11.6 Å². The number of rotatable bonds is 4. The van der Waals surface area contributed by atoms with Crippen molar-refractivity contribution < 1.29 is 9.72 Å². The fraction of sp³-hybridized carbons (Fsp3) is 0.611. The van der Waals surface area contributed by atoms with Crippen molar-refractivity contribution in [2.45, 2.75) is 70.5 Å². The molecule has 1 aromatic rings. The molecule has 6 nitrogen and oxygen atoms in total. The van der Waals surface area contributed by atoms with Crippen molar-refractivity contribution in [1.82, 2.24) is 10.6 Å². The van der Waals surface area contributed by atoms with E-state index in [9.17, 15) is 14.9 Å². The van der Waals surface area contributed by atoms with Crippen molar-refractivity contribution in [3.63, 3.8) is 0 Å². The molecule has 0 bridgehead atoms. The third-order valence-corrected chi connectivity index (χ3v) is 4.53. The van der Waals surface area contributed by atoms with E-state index in [1.165, 1.54) is 12.1 Å². The fourth-order valence-electron chi connectivity index (χ4n) is 3.79. The Morgan fingerprint density at radius 2 is 1.71 bits per heavy atom. The van der Waals surface area contributed by atoms with Crippen molar-refractivity contribution in [3.8, 4) is 0 Å². The zero-order valence-corrected chi connectivity index (χ0v) is 15.1. The molecular weight excluding hydrogens is 306 g/mol. The Hall–Kier alpha value is -1.95. The molecule has 1 aliphatic heterocycles. The van der Waals surface area contributed by atoms with Crippen LogP contribution in [0.25, 0.3) is 0 Å². The lowest BCUT2D eigenvalue weighted by Gasteiger charge is -2.46. The number of hydrogen-bond donors (Lipinski definition) is 2. The minimum absolute atomic E-state index is 0.0315. The van der Waals surface area contributed by atoms with Crippen LogP contribution in [0, 0.1) is 10.1 Å². The molecule has 1 heterocycles. The Balaban J connectivity index is 2.04. The largest absolute Gasteiger partial charge is 0.353 e. The predicted molar refractivity (Wildman–Crippen MR) is 94.0 cm³/mol. The first-order chi connectivity index (χ1) is 11.0. The van der Waals surface area contributed by atoms with Gasteiger partial charge in [-0.3, -0.25) is 14.9 Å². The highest BCUT2D eigenvalue weighted by atomic mass is 16.6. The Kier molecular flexibility index (Phi) is 4.99. The van der Waals surface area contributed by atoms with Gasteiger partial charge in [0.2, 0.25) is 5.91 Å². The molecule has 0 spiro atoms. The Morgan fingerprint density at radius 3 is 2.17 bits per heavy atom. The second-order valence-electron chi connectivity index (χ2n) is 8.08. The van der Waals surface area contributed by atoms with Gasteiger partial charge in [0, 0.05) is 29.3 Å². The molecule has 2 N–H and O–H groups in total. The van der Waals surface area contributed by atoms with Crippen LogP contribution in [0.5, 0.6) is 0 Å². The van der Waals surface area contributed by atoms with Crippen molar-refractivity contribution in [1.29, 1.82) is 0 Å². The summed E-state index contributed by atoms with van der Waals surface area (Å²) in [6, 6.07) is 6.30. The molecule has 2 rings (SSSR count). The van der Waals surface area contributed by atoms with Gasteiger partial charge in [-0.25, -0.2) is 0 Å². The highest BCUT2D eigenvalue weighted by Gasteiger charge is 2.38. The van der Waals surface area contributed by atoms with Gasteiger partial charge < -0.3 is 10.6 Å². The van der Waals surface area contributed by atoms with E-state index in [2.05, 4.69) is 38.3 Å². The van der Waals surface area contributed by atoms with E-state index < -0.39 is 4.92 Å². The third kappa shape index (κ3) is 4.54. The molecule has 0 aliphatic carbocycles. The van der Waals surface area contributed by atoms with Crippen LogP contribution in [-0.4, -0.2) is 28.0 Å². The number of nitro groups is 1. The lowest BCUT2D eigenvalue weighted by atomic mass is 9.79. The molecule has 0 saturated carbocycles. The molecule has 132 valence electrons. The minimum atomic E-state index is -0.437. The first-order valence-electron chi connectivity index (χ1n) is 8.33. The highest BCUT2D eigenvalue weighted by molar-refractivity contribution is 5.83. The third-order valence-electron chi connectivity index (χ3n) is 4.53. The standard InChI is InChI=1S/C18H27N3O3/c1-12(13-6-8-15(9-7-13)21(23)24)16(22)19-14-10-17(2,3)20-18(4,5)11-14/h6-9,12,14,20H,10-11H2,1-5H3,(H,19,22)/t12-/m0/s1. The SMILES string of the molecule is C[C@H](C(=O)NC1CC(C)(C)NC(C)(C)C1)c1ccc([N+](=O)[O-])cc1. The Labute approximate surface area is 143 Å². The molecule has 0 aromatic heterocycles. The number of carbonyl (C=O) groups is 1. The number of piperidine rings is 1. The lowest BCUT2D eigenvalue weighted by molar-refractivity contribution is -0.384. The van der Waals surface area contributed by atoms with E-state index >= 15 is 0 Å². The summed E-state index contributed by atoms with van der Waals surface area (Å²) in [6.07, 6.45) is 1.74. The molecular formula is C18H27N3O3. The van der Waals surface area contributed by atoms with Gasteiger partial charge in [-0.15, -0.1) is 0 Å². The molecule has 0 radical (unpaired) electrons. The van der Waals surface area contributed by atoms with Crippen molar-refractivity contribution in [2.24, 2.45) is 0 Å². The van der Waals surface area contributed by atoms with Gasteiger partial charge in [-0.05, 0) is 53.0 Å². The van der Waals surface area contributed by atoms with Crippen molar-refractivity contribution in [2.75, 3.05) is 0 Å². The van der Waals surface area contributed by atoms with E-state index in [-0.39, 0.29) is 34.6 Å². The molecule has 1 saturated heterocycles. The van der Waals surface area contributed by atoms with Crippen LogP contribution in [0.2, 0.25) is 0 Å². The first-order valence-corrected chi connectivity index (χ1v) is 8.33. The predicted octanol–water partition coefficient (Wildman–Crippen LogP) is 3.12. The average molecular weight is 333 g/mol. The summed E-state index contributed by atoms with van der Waals surface area (Å²) in [5.41, 5.74) is 0.755. The quantitative estimate of drug-likeness (QED) is 0.655. The molecule has 1 aromatic carbocycles. The summed E-state index contributed by atoms with van der Waals surface area (Å²) >= 11 is 0. The maximum atomic E-state index is 12.6. The smallest absolute Gasteiger partial charge is 0.269 e. The van der Waals surface area contributed by atoms with Gasteiger partial charge in [-0.2, -0.15) is 0 Å². The number of non-ortho nitro benzene ring substituents is 1. The minimum Gasteiger partial charge on any atom is -0.353 e. The normalized spacial score (nSPS) is 21.0. The summed E-state index contributed by atoms with van der Waals surface area (Å²) in [5, 5.41) is 17.5. The fourth-order valence-corrected chi connectivity index (χ4v) is 3.79. The zero-order chi connectivity index (χ0) is 18.1. The zero-order valence-electron chi connectivity index (χ0n) is 15.1. The maximum Gasteiger partial charge on any atom is 0.269 e. The number of amides is 1. The van der Waals surface area contributed by atoms with E-state index in [0.717, 1.165) is 18.4 Å². The molecule has 1 fully saturated rings. The summed E-state index contributed by atoms with van der Waals surface area (Å²) in [5.74, 6) is -0.380. The van der Waals surface area contributed by atoms with Gasteiger partial charge in [0.25, 0.3) is 5.69 Å². The number of benzene rings is 1. The van der Waals surface area contributed by atoms with E-state index in [4.69, 9.17) is 0 Å². The van der Waals surface area contributed by atoms with Gasteiger partial charge in [0.05, 0.1) is 10.8 Å². The van der Waals surface area contributed by atoms with Crippen LogP contribution in [0.3, 0.4) is 0 Å². The van der Waals surface area contributed by atoms with Crippen LogP contribution in [0.4, 0.5) is 5.69 Å².